The van der Waals surface area contributed by atoms with Crippen molar-refractivity contribution in [2.24, 2.45) is 0 Å². The number of methoxy groups -OCH3 is 1. The SMILES string of the molecule is CCOC(=O)CN(Cc1ccc(OC)cc1)S(=O)(=O)N(Cc1ccc(C)cc1)C(=O)OC(C)(C)C. The van der Waals surface area contributed by atoms with E-state index in [2.05, 4.69) is 0 Å². The number of benzene rings is 2. The predicted molar refractivity (Wildman–Crippen MR) is 132 cm³/mol. The fourth-order valence-electron chi connectivity index (χ4n) is 3.06. The van der Waals surface area contributed by atoms with E-state index in [0.717, 1.165) is 9.87 Å². The van der Waals surface area contributed by atoms with Crippen LogP contribution in [0.4, 0.5) is 4.79 Å². The lowest BCUT2D eigenvalue weighted by Gasteiger charge is -2.31. The topological polar surface area (TPSA) is 102 Å². The van der Waals surface area contributed by atoms with Gasteiger partial charge in [-0.1, -0.05) is 42.0 Å². The Labute approximate surface area is 207 Å². The molecule has 10 heteroatoms. The van der Waals surface area contributed by atoms with Crippen LogP contribution in [0.3, 0.4) is 0 Å². The van der Waals surface area contributed by atoms with Gasteiger partial charge in [0.15, 0.2) is 0 Å². The Morgan fingerprint density at radius 1 is 0.914 bits per heavy atom. The first-order valence-corrected chi connectivity index (χ1v) is 12.6. The Bertz CT molecular complexity index is 1090. The highest BCUT2D eigenvalue weighted by Gasteiger charge is 2.37. The van der Waals surface area contributed by atoms with Gasteiger partial charge in [0.05, 0.1) is 20.3 Å². The van der Waals surface area contributed by atoms with E-state index in [1.807, 2.05) is 19.1 Å². The van der Waals surface area contributed by atoms with Crippen LogP contribution in [0.25, 0.3) is 0 Å². The van der Waals surface area contributed by atoms with Crippen molar-refractivity contribution < 1.29 is 32.2 Å². The summed E-state index contributed by atoms with van der Waals surface area (Å²) >= 11 is 0. The molecule has 0 saturated heterocycles. The molecule has 0 heterocycles. The van der Waals surface area contributed by atoms with Gasteiger partial charge in [0.25, 0.3) is 0 Å². The Balaban J connectivity index is 2.48. The van der Waals surface area contributed by atoms with Gasteiger partial charge in [0.1, 0.15) is 17.9 Å². The van der Waals surface area contributed by atoms with E-state index in [1.54, 1.807) is 64.1 Å². The molecule has 0 unspecified atom stereocenters. The summed E-state index contributed by atoms with van der Waals surface area (Å²) in [4.78, 5) is 25.4. The van der Waals surface area contributed by atoms with Crippen LogP contribution in [0.1, 0.15) is 44.4 Å². The average molecular weight is 507 g/mol. The number of hydrogen-bond donors (Lipinski definition) is 0. The van der Waals surface area contributed by atoms with Crippen LogP contribution >= 0.6 is 0 Å². The molecule has 0 bridgehead atoms. The first-order chi connectivity index (χ1) is 16.4. The lowest BCUT2D eigenvalue weighted by Crippen LogP contribution is -2.49. The summed E-state index contributed by atoms with van der Waals surface area (Å²) in [5.41, 5.74) is 1.24. The molecule has 0 aliphatic carbocycles. The number of aryl methyl sites for hydroxylation is 1. The molecule has 0 aromatic heterocycles. The van der Waals surface area contributed by atoms with E-state index >= 15 is 0 Å². The summed E-state index contributed by atoms with van der Waals surface area (Å²) in [5, 5.41) is 0. The molecule has 2 rings (SSSR count). The van der Waals surface area contributed by atoms with Crippen LogP contribution in [0.15, 0.2) is 48.5 Å². The third kappa shape index (κ3) is 8.56. The Morgan fingerprint density at radius 3 is 1.97 bits per heavy atom. The van der Waals surface area contributed by atoms with E-state index in [-0.39, 0.29) is 19.7 Å². The molecule has 2 aromatic carbocycles. The quantitative estimate of drug-likeness (QED) is 0.448. The highest BCUT2D eigenvalue weighted by atomic mass is 32.2. The lowest BCUT2D eigenvalue weighted by atomic mass is 10.1. The highest BCUT2D eigenvalue weighted by molar-refractivity contribution is 7.87. The summed E-state index contributed by atoms with van der Waals surface area (Å²) < 4.78 is 44.7. The predicted octanol–water partition coefficient (Wildman–Crippen LogP) is 4.05. The average Bonchev–Trinajstić information content (AvgIpc) is 2.77. The van der Waals surface area contributed by atoms with E-state index in [0.29, 0.717) is 21.2 Å². The third-order valence-electron chi connectivity index (χ3n) is 4.78. The maximum absolute atomic E-state index is 13.8. The number of ether oxygens (including phenoxy) is 3. The number of nitrogens with zero attached hydrogens (tertiary/aromatic N) is 2. The molecule has 9 nitrogen and oxygen atoms in total. The Kier molecular flexibility index (Phi) is 9.67. The van der Waals surface area contributed by atoms with Crippen molar-refractivity contribution in [3.8, 4) is 5.75 Å². The molecule has 0 aliphatic rings. The summed E-state index contributed by atoms with van der Waals surface area (Å²) in [5.74, 6) is -0.132. The van der Waals surface area contributed by atoms with Crippen LogP contribution in [-0.2, 0) is 37.6 Å². The lowest BCUT2D eigenvalue weighted by molar-refractivity contribution is -0.143. The third-order valence-corrected chi connectivity index (χ3v) is 6.52. The van der Waals surface area contributed by atoms with Crippen molar-refractivity contribution in [1.29, 1.82) is 0 Å². The largest absolute Gasteiger partial charge is 0.497 e. The van der Waals surface area contributed by atoms with Crippen molar-refractivity contribution in [3.05, 3.63) is 65.2 Å². The van der Waals surface area contributed by atoms with Gasteiger partial charge in [0, 0.05) is 6.54 Å². The fourth-order valence-corrected chi connectivity index (χ4v) is 4.45. The summed E-state index contributed by atoms with van der Waals surface area (Å²) in [7, 11) is -2.99. The zero-order valence-corrected chi connectivity index (χ0v) is 21.9. The number of rotatable bonds is 10. The molecular formula is C25H34N2O7S. The van der Waals surface area contributed by atoms with E-state index < -0.39 is 34.4 Å². The second-order valence-corrected chi connectivity index (χ2v) is 10.8. The van der Waals surface area contributed by atoms with Crippen molar-refractivity contribution >= 4 is 22.3 Å². The molecule has 0 N–H and O–H groups in total. The number of carbonyl (C=O) groups is 2. The minimum atomic E-state index is -4.51. The molecule has 0 atom stereocenters. The molecule has 35 heavy (non-hydrogen) atoms. The highest BCUT2D eigenvalue weighted by Crippen LogP contribution is 2.22. The number of esters is 1. The summed E-state index contributed by atoms with van der Waals surface area (Å²) in [6.45, 7) is 7.56. The molecule has 0 aliphatic heterocycles. The number of hydrogen-bond acceptors (Lipinski definition) is 7. The molecule has 0 radical (unpaired) electrons. The molecule has 1 amide bonds. The van der Waals surface area contributed by atoms with Gasteiger partial charge in [-0.2, -0.15) is 17.0 Å². The van der Waals surface area contributed by atoms with Crippen LogP contribution < -0.4 is 4.74 Å². The molecule has 0 spiro atoms. The van der Waals surface area contributed by atoms with Gasteiger partial charge < -0.3 is 14.2 Å². The second-order valence-electron chi connectivity index (χ2n) is 8.90. The van der Waals surface area contributed by atoms with Gasteiger partial charge in [-0.3, -0.25) is 4.79 Å². The zero-order valence-electron chi connectivity index (χ0n) is 21.1. The molecule has 0 saturated carbocycles. The number of carbonyl (C=O) groups excluding carboxylic acids is 2. The zero-order chi connectivity index (χ0) is 26.2. The van der Waals surface area contributed by atoms with Crippen molar-refractivity contribution in [3.63, 3.8) is 0 Å². The van der Waals surface area contributed by atoms with Gasteiger partial charge in [-0.05, 0) is 57.9 Å². The van der Waals surface area contributed by atoms with Gasteiger partial charge >= 0.3 is 22.3 Å². The minimum Gasteiger partial charge on any atom is -0.497 e. The Hall–Kier alpha value is -3.11. The van der Waals surface area contributed by atoms with E-state index in [4.69, 9.17) is 14.2 Å². The molecule has 0 fully saturated rings. The summed E-state index contributed by atoms with van der Waals surface area (Å²) in [6, 6.07) is 13.9. The van der Waals surface area contributed by atoms with Gasteiger partial charge in [-0.15, -0.1) is 0 Å². The fraction of sp³-hybridized carbons (Fsp3) is 0.440. The summed E-state index contributed by atoms with van der Waals surface area (Å²) in [6.07, 6.45) is -1.04. The first kappa shape index (κ1) is 28.1. The van der Waals surface area contributed by atoms with E-state index in [9.17, 15) is 18.0 Å². The number of amides is 1. The maximum Gasteiger partial charge on any atom is 0.425 e. The Morgan fingerprint density at radius 2 is 1.46 bits per heavy atom. The van der Waals surface area contributed by atoms with Crippen LogP contribution in [-0.4, -0.2) is 55.0 Å². The molecule has 2 aromatic rings. The van der Waals surface area contributed by atoms with Crippen molar-refractivity contribution in [2.45, 2.75) is 53.3 Å². The van der Waals surface area contributed by atoms with Crippen LogP contribution in [0.5, 0.6) is 5.75 Å². The van der Waals surface area contributed by atoms with Crippen molar-refractivity contribution in [2.75, 3.05) is 20.3 Å². The van der Waals surface area contributed by atoms with Crippen LogP contribution in [0, 0.1) is 6.92 Å². The van der Waals surface area contributed by atoms with Crippen LogP contribution in [0.2, 0.25) is 0 Å². The smallest absolute Gasteiger partial charge is 0.425 e. The maximum atomic E-state index is 13.8. The van der Waals surface area contributed by atoms with Crippen molar-refractivity contribution in [1.82, 2.24) is 8.61 Å². The molecular weight excluding hydrogens is 472 g/mol. The normalized spacial score (nSPS) is 11.7. The monoisotopic (exact) mass is 506 g/mol. The standard InChI is InChI=1S/C25H34N2O7S/c1-7-33-23(28)18-26(16-20-12-14-22(32-6)15-13-20)35(30,31)27(24(29)34-25(3,4)5)17-21-10-8-19(2)9-11-21/h8-15H,7,16-18H2,1-6H3. The molecule has 192 valence electrons. The second kappa shape index (κ2) is 12.0. The van der Waals surface area contributed by atoms with Gasteiger partial charge in [-0.25, -0.2) is 4.79 Å². The van der Waals surface area contributed by atoms with Gasteiger partial charge in [0.2, 0.25) is 0 Å². The first-order valence-electron chi connectivity index (χ1n) is 11.2. The minimum absolute atomic E-state index is 0.0917. The van der Waals surface area contributed by atoms with E-state index in [1.165, 1.54) is 7.11 Å².